The van der Waals surface area contributed by atoms with Gasteiger partial charge in [-0.2, -0.15) is 5.10 Å². The largest absolute Gasteiger partial charge is 0.488 e. The maximum absolute atomic E-state index is 13.3. The first-order valence-electron chi connectivity index (χ1n) is 20.3. The molecule has 1 unspecified atom stereocenters. The summed E-state index contributed by atoms with van der Waals surface area (Å²) in [6.45, 7) is 5.40. The number of carbonyl (C=O) groups is 4. The highest BCUT2D eigenvalue weighted by Gasteiger charge is 2.45. The number of aromatic nitrogens is 4. The summed E-state index contributed by atoms with van der Waals surface area (Å²) in [5.41, 5.74) is 3.93. The lowest BCUT2D eigenvalue weighted by molar-refractivity contribution is -0.149. The highest BCUT2D eigenvalue weighted by Crippen LogP contribution is 2.41. The summed E-state index contributed by atoms with van der Waals surface area (Å²) in [5, 5.41) is 11.0. The SMILES string of the molecule is CC1(Oc2ccc3[nH]nc(-c4cc(N5CCC(O[C@H]6C[C@H](OC7CCN(c8ccc9c(c8)C(=O)N(C8CCC(=O)NC8=O)C9=O)CC7)C6)CC5)ncn4)c3c2)CC1. The fourth-order valence-corrected chi connectivity index (χ4v) is 8.87. The van der Waals surface area contributed by atoms with Crippen molar-refractivity contribution in [3.05, 3.63) is 59.9 Å². The van der Waals surface area contributed by atoms with Crippen molar-refractivity contribution in [2.45, 2.75) is 107 Å². The maximum atomic E-state index is 13.3. The zero-order valence-corrected chi connectivity index (χ0v) is 31.9. The lowest BCUT2D eigenvalue weighted by atomic mass is 9.90. The van der Waals surface area contributed by atoms with Crippen LogP contribution in [0.5, 0.6) is 5.75 Å². The molecule has 6 aliphatic rings. The average molecular weight is 775 g/mol. The number of nitrogens with one attached hydrogen (secondary N) is 2. The molecule has 4 aliphatic heterocycles. The number of benzene rings is 2. The summed E-state index contributed by atoms with van der Waals surface area (Å²) in [6, 6.07) is 12.4. The van der Waals surface area contributed by atoms with Gasteiger partial charge in [0.05, 0.1) is 46.8 Å². The molecule has 2 saturated carbocycles. The molecule has 3 saturated heterocycles. The Balaban J connectivity index is 0.670. The van der Waals surface area contributed by atoms with Crippen LogP contribution in [-0.2, 0) is 19.1 Å². The molecule has 15 heteroatoms. The summed E-state index contributed by atoms with van der Waals surface area (Å²) in [4.78, 5) is 65.2. The quantitative estimate of drug-likeness (QED) is 0.216. The second-order valence-electron chi connectivity index (χ2n) is 16.6. The van der Waals surface area contributed by atoms with E-state index in [0.717, 1.165) is 122 Å². The van der Waals surface area contributed by atoms with E-state index >= 15 is 0 Å². The zero-order chi connectivity index (χ0) is 38.8. The summed E-state index contributed by atoms with van der Waals surface area (Å²) < 4.78 is 19.2. The lowest BCUT2D eigenvalue weighted by Gasteiger charge is -2.42. The molecule has 4 amide bonds. The van der Waals surface area contributed by atoms with E-state index in [9.17, 15) is 19.2 Å². The van der Waals surface area contributed by atoms with E-state index in [1.54, 1.807) is 18.5 Å². The second kappa shape index (κ2) is 14.2. The van der Waals surface area contributed by atoms with Crippen LogP contribution >= 0.6 is 0 Å². The number of hydrogen-bond acceptors (Lipinski definition) is 12. The van der Waals surface area contributed by atoms with Crippen molar-refractivity contribution in [3.63, 3.8) is 0 Å². The van der Waals surface area contributed by atoms with E-state index in [0.29, 0.717) is 11.1 Å². The van der Waals surface area contributed by atoms with Gasteiger partial charge in [0.15, 0.2) is 0 Å². The first kappa shape index (κ1) is 36.0. The predicted molar refractivity (Wildman–Crippen MR) is 208 cm³/mol. The van der Waals surface area contributed by atoms with Gasteiger partial charge in [0, 0.05) is 49.7 Å². The predicted octanol–water partition coefficient (Wildman–Crippen LogP) is 4.55. The smallest absolute Gasteiger partial charge is 0.262 e. The Morgan fingerprint density at radius 2 is 1.46 bits per heavy atom. The number of aromatic amines is 1. The van der Waals surface area contributed by atoms with E-state index in [1.807, 2.05) is 24.3 Å². The summed E-state index contributed by atoms with van der Waals surface area (Å²) in [6.07, 6.45) is 10.2. The number of carbonyl (C=O) groups excluding carboxylic acids is 4. The summed E-state index contributed by atoms with van der Waals surface area (Å²) >= 11 is 0. The number of H-pyrrole nitrogens is 1. The Hall–Kier alpha value is -5.41. The number of amides is 4. The number of ether oxygens (including phenoxy) is 3. The van der Waals surface area contributed by atoms with E-state index in [-0.39, 0.29) is 48.8 Å². The topological polar surface area (TPSA) is 172 Å². The molecule has 0 radical (unpaired) electrons. The molecular formula is C42H46N8O7. The molecule has 57 heavy (non-hydrogen) atoms. The number of hydrogen-bond donors (Lipinski definition) is 2. The molecule has 296 valence electrons. The molecule has 0 spiro atoms. The normalized spacial score (nSPS) is 25.1. The summed E-state index contributed by atoms with van der Waals surface area (Å²) in [7, 11) is 0. The van der Waals surface area contributed by atoms with Crippen LogP contribution in [0.1, 0.15) is 91.8 Å². The van der Waals surface area contributed by atoms with Crippen molar-refractivity contribution in [2.24, 2.45) is 0 Å². The Morgan fingerprint density at radius 1 is 0.754 bits per heavy atom. The fraction of sp³-hybridized carbons (Fsp3) is 0.500. The highest BCUT2D eigenvalue weighted by atomic mass is 16.5. The molecule has 2 N–H and O–H groups in total. The summed E-state index contributed by atoms with van der Waals surface area (Å²) in [5.74, 6) is -0.225. The zero-order valence-electron chi connectivity index (χ0n) is 31.9. The van der Waals surface area contributed by atoms with Crippen molar-refractivity contribution in [1.29, 1.82) is 0 Å². The number of imide groups is 2. The van der Waals surface area contributed by atoms with Crippen molar-refractivity contribution in [1.82, 2.24) is 30.4 Å². The molecule has 10 rings (SSSR count). The Kier molecular flexibility index (Phi) is 8.96. The van der Waals surface area contributed by atoms with E-state index in [1.165, 1.54) is 0 Å². The monoisotopic (exact) mass is 774 g/mol. The molecule has 5 fully saturated rings. The van der Waals surface area contributed by atoms with Gasteiger partial charge in [-0.15, -0.1) is 0 Å². The van der Waals surface area contributed by atoms with Gasteiger partial charge < -0.3 is 24.0 Å². The third-order valence-corrected chi connectivity index (χ3v) is 12.6. The molecule has 2 aromatic heterocycles. The van der Waals surface area contributed by atoms with Crippen LogP contribution in [0.15, 0.2) is 48.8 Å². The van der Waals surface area contributed by atoms with Crippen molar-refractivity contribution >= 4 is 46.0 Å². The number of rotatable bonds is 10. The van der Waals surface area contributed by atoms with E-state index in [4.69, 9.17) is 14.2 Å². The Morgan fingerprint density at radius 3 is 2.16 bits per heavy atom. The van der Waals surface area contributed by atoms with Crippen molar-refractivity contribution in [3.8, 4) is 17.1 Å². The highest BCUT2D eigenvalue weighted by molar-refractivity contribution is 6.23. The van der Waals surface area contributed by atoms with Crippen LogP contribution in [0.25, 0.3) is 22.3 Å². The Labute approximate surface area is 329 Å². The van der Waals surface area contributed by atoms with Gasteiger partial charge in [-0.3, -0.25) is 34.5 Å². The third-order valence-electron chi connectivity index (χ3n) is 12.6. The number of nitrogens with zero attached hydrogens (tertiary/aromatic N) is 6. The Bertz CT molecular complexity index is 2250. The standard InChI is InChI=1S/C42H46N8O7/c1-42(12-13-42)57-27-3-5-33-32(21-27)38(47-46-33)34-22-36(44-23-43-34)49-16-10-26(11-17-49)56-29-19-28(20-29)55-25-8-14-48(15-9-25)24-2-4-30-31(18-24)41(54)50(40(30)53)35-6-7-37(51)45-39(35)52/h2-5,18,21-23,25-26,28-29,35H,6-17,19-20H2,1H3,(H,46,47)(H,45,51,52)/t28-,29-,35?. The molecule has 15 nitrogen and oxygen atoms in total. The van der Waals surface area contributed by atoms with Crippen molar-refractivity contribution < 1.29 is 33.4 Å². The minimum atomic E-state index is -0.971. The van der Waals surface area contributed by atoms with Gasteiger partial charge in [-0.25, -0.2) is 9.97 Å². The van der Waals surface area contributed by atoms with Gasteiger partial charge in [0.25, 0.3) is 11.8 Å². The van der Waals surface area contributed by atoms with Crippen LogP contribution in [0.2, 0.25) is 0 Å². The molecule has 6 heterocycles. The fourth-order valence-electron chi connectivity index (χ4n) is 8.87. The van der Waals surface area contributed by atoms with Crippen LogP contribution in [-0.4, -0.2) is 111 Å². The number of anilines is 2. The lowest BCUT2D eigenvalue weighted by Crippen LogP contribution is -2.54. The molecule has 4 aromatic rings. The molecule has 2 aromatic carbocycles. The minimum Gasteiger partial charge on any atom is -0.488 e. The van der Waals surface area contributed by atoms with Gasteiger partial charge in [-0.05, 0) is 101 Å². The molecule has 1 atom stereocenters. The van der Waals surface area contributed by atoms with Crippen molar-refractivity contribution in [2.75, 3.05) is 36.0 Å². The second-order valence-corrected chi connectivity index (χ2v) is 16.6. The minimum absolute atomic E-state index is 0.0547. The van der Waals surface area contributed by atoms with Crippen LogP contribution < -0.4 is 19.9 Å². The molecule has 2 aliphatic carbocycles. The molecular weight excluding hydrogens is 729 g/mol. The molecule has 0 bridgehead atoms. The third kappa shape index (κ3) is 7.00. The first-order chi connectivity index (χ1) is 27.7. The number of piperidine rings is 3. The van der Waals surface area contributed by atoms with E-state index in [2.05, 4.69) is 48.3 Å². The van der Waals surface area contributed by atoms with Crippen LogP contribution in [0, 0.1) is 0 Å². The van der Waals surface area contributed by atoms with E-state index < -0.39 is 23.8 Å². The first-order valence-corrected chi connectivity index (χ1v) is 20.3. The average Bonchev–Trinajstić information content (AvgIpc) is 3.69. The van der Waals surface area contributed by atoms with Crippen LogP contribution in [0.4, 0.5) is 11.5 Å². The van der Waals surface area contributed by atoms with Gasteiger partial charge in [0.2, 0.25) is 11.8 Å². The van der Waals surface area contributed by atoms with Gasteiger partial charge in [0.1, 0.15) is 35.2 Å². The maximum Gasteiger partial charge on any atom is 0.262 e. The number of fused-ring (bicyclic) bond motifs is 2. The van der Waals surface area contributed by atoms with Crippen LogP contribution in [0.3, 0.4) is 0 Å². The van der Waals surface area contributed by atoms with Gasteiger partial charge in [-0.1, -0.05) is 0 Å². The van der Waals surface area contributed by atoms with Gasteiger partial charge >= 0.3 is 0 Å².